The van der Waals surface area contributed by atoms with Crippen LogP contribution in [0.3, 0.4) is 0 Å². The van der Waals surface area contributed by atoms with Gasteiger partial charge in [0, 0.05) is 34.3 Å². The maximum Gasteiger partial charge on any atom is 0.242 e. The highest BCUT2D eigenvalue weighted by molar-refractivity contribution is 7.11. The molecule has 1 saturated heterocycles. The molecule has 0 radical (unpaired) electrons. The fourth-order valence-corrected chi connectivity index (χ4v) is 5.62. The van der Waals surface area contributed by atoms with Crippen molar-refractivity contribution in [3.8, 4) is 0 Å². The van der Waals surface area contributed by atoms with E-state index in [1.54, 1.807) is 27.6 Å². The first-order valence-electron chi connectivity index (χ1n) is 11.4. The molecule has 4 rings (SSSR count). The molecule has 0 bridgehead atoms. The molecular weight excluding hydrogens is 452 g/mol. The number of aryl methyl sites for hydroxylation is 1. The van der Waals surface area contributed by atoms with Crippen molar-refractivity contribution in [3.05, 3.63) is 80.2 Å². The zero-order valence-electron chi connectivity index (χ0n) is 18.9. The Morgan fingerprint density at radius 3 is 2.48 bits per heavy atom. The second-order valence-electron chi connectivity index (χ2n) is 8.41. The minimum Gasteiger partial charge on any atom is -0.376 e. The molecule has 5 nitrogen and oxygen atoms in total. The molecule has 1 atom stereocenters. The van der Waals surface area contributed by atoms with Crippen molar-refractivity contribution in [2.45, 2.75) is 45.4 Å². The molecule has 1 unspecified atom stereocenters. The van der Waals surface area contributed by atoms with Crippen molar-refractivity contribution in [2.24, 2.45) is 0 Å². The molecule has 0 aliphatic carbocycles. The van der Waals surface area contributed by atoms with Gasteiger partial charge in [0.1, 0.15) is 0 Å². The Hall–Kier alpha value is -2.48. The van der Waals surface area contributed by atoms with Gasteiger partial charge in [0.2, 0.25) is 11.8 Å². The molecular formula is C26H30N2O3S2. The quantitative estimate of drug-likeness (QED) is 0.413. The van der Waals surface area contributed by atoms with Crippen molar-refractivity contribution in [2.75, 3.05) is 19.7 Å². The number of amides is 2. The minimum atomic E-state index is -0.0394. The van der Waals surface area contributed by atoms with E-state index in [0.717, 1.165) is 34.8 Å². The predicted octanol–water partition coefficient (Wildman–Crippen LogP) is 4.90. The molecule has 2 amide bonds. The highest BCUT2D eigenvalue weighted by Gasteiger charge is 2.27. The molecule has 7 heteroatoms. The average molecular weight is 483 g/mol. The van der Waals surface area contributed by atoms with Gasteiger partial charge in [-0.3, -0.25) is 9.59 Å². The van der Waals surface area contributed by atoms with Crippen molar-refractivity contribution >= 4 is 34.5 Å². The summed E-state index contributed by atoms with van der Waals surface area (Å²) in [6, 6.07) is 18.1. The van der Waals surface area contributed by atoms with Crippen LogP contribution in [0.5, 0.6) is 0 Å². The fraction of sp³-hybridized carbons (Fsp3) is 0.385. The predicted molar refractivity (Wildman–Crippen MR) is 133 cm³/mol. The summed E-state index contributed by atoms with van der Waals surface area (Å²) in [4.78, 5) is 33.7. The summed E-state index contributed by atoms with van der Waals surface area (Å²) >= 11 is 3.27. The number of hydrogen-bond acceptors (Lipinski definition) is 5. The van der Waals surface area contributed by atoms with E-state index in [0.29, 0.717) is 26.1 Å². The SMILES string of the molecule is Cc1ccc(CN(Cc2ccccc2)C(=O)CN(CC2CCCO2)C(=O)Cc2cccs2)s1. The van der Waals surface area contributed by atoms with Gasteiger partial charge in [-0.25, -0.2) is 0 Å². The Morgan fingerprint density at radius 2 is 1.82 bits per heavy atom. The number of ether oxygens (including phenoxy) is 1. The van der Waals surface area contributed by atoms with Gasteiger partial charge in [-0.2, -0.15) is 0 Å². The summed E-state index contributed by atoms with van der Waals surface area (Å²) in [6.07, 6.45) is 2.26. The highest BCUT2D eigenvalue weighted by atomic mass is 32.1. The molecule has 3 aromatic rings. The van der Waals surface area contributed by atoms with E-state index in [1.165, 1.54) is 4.88 Å². The van der Waals surface area contributed by atoms with Crippen LogP contribution in [-0.2, 0) is 33.8 Å². The third kappa shape index (κ3) is 7.00. The number of carbonyl (C=O) groups is 2. The number of thiophene rings is 2. The van der Waals surface area contributed by atoms with Crippen LogP contribution in [0.4, 0.5) is 0 Å². The largest absolute Gasteiger partial charge is 0.376 e. The Labute approximate surface area is 203 Å². The minimum absolute atomic E-state index is 0.00704. The third-order valence-corrected chi connectivity index (χ3v) is 7.61. The molecule has 1 fully saturated rings. The monoisotopic (exact) mass is 482 g/mol. The molecule has 2 aromatic heterocycles. The second-order valence-corrected chi connectivity index (χ2v) is 10.8. The van der Waals surface area contributed by atoms with E-state index in [-0.39, 0.29) is 24.5 Å². The molecule has 3 heterocycles. The first-order valence-corrected chi connectivity index (χ1v) is 13.0. The number of rotatable bonds is 10. The summed E-state index contributed by atoms with van der Waals surface area (Å²) in [6.45, 7) is 4.39. The van der Waals surface area contributed by atoms with Crippen LogP contribution in [0.2, 0.25) is 0 Å². The third-order valence-electron chi connectivity index (χ3n) is 5.74. The van der Waals surface area contributed by atoms with Crippen molar-refractivity contribution in [3.63, 3.8) is 0 Å². The average Bonchev–Trinajstić information content (AvgIpc) is 3.58. The van der Waals surface area contributed by atoms with E-state index in [9.17, 15) is 9.59 Å². The number of nitrogens with zero attached hydrogens (tertiary/aromatic N) is 2. The molecule has 0 N–H and O–H groups in total. The van der Waals surface area contributed by atoms with Gasteiger partial charge in [-0.05, 0) is 48.9 Å². The van der Waals surface area contributed by atoms with E-state index in [1.807, 2.05) is 52.7 Å². The molecule has 0 spiro atoms. The maximum absolute atomic E-state index is 13.5. The summed E-state index contributed by atoms with van der Waals surface area (Å²) in [5.41, 5.74) is 1.08. The molecule has 174 valence electrons. The van der Waals surface area contributed by atoms with E-state index in [2.05, 4.69) is 19.1 Å². The van der Waals surface area contributed by atoms with E-state index >= 15 is 0 Å². The number of carbonyl (C=O) groups excluding carboxylic acids is 2. The molecule has 33 heavy (non-hydrogen) atoms. The molecule has 1 aliphatic rings. The second kappa shape index (κ2) is 11.6. The topological polar surface area (TPSA) is 49.9 Å². The van der Waals surface area contributed by atoms with Crippen LogP contribution in [0.25, 0.3) is 0 Å². The summed E-state index contributed by atoms with van der Waals surface area (Å²) in [7, 11) is 0. The van der Waals surface area contributed by atoms with Gasteiger partial charge in [0.25, 0.3) is 0 Å². The van der Waals surface area contributed by atoms with Crippen LogP contribution in [0.1, 0.15) is 33.0 Å². The number of benzene rings is 1. The Balaban J connectivity index is 1.49. The zero-order chi connectivity index (χ0) is 23.0. The van der Waals surface area contributed by atoms with Crippen LogP contribution >= 0.6 is 22.7 Å². The zero-order valence-corrected chi connectivity index (χ0v) is 20.6. The Morgan fingerprint density at radius 1 is 0.970 bits per heavy atom. The molecule has 1 aromatic carbocycles. The fourth-order valence-electron chi connectivity index (χ4n) is 4.02. The number of hydrogen-bond donors (Lipinski definition) is 0. The van der Waals surface area contributed by atoms with Gasteiger partial charge in [0.15, 0.2) is 0 Å². The van der Waals surface area contributed by atoms with Crippen molar-refractivity contribution < 1.29 is 14.3 Å². The normalized spacial score (nSPS) is 15.5. The van der Waals surface area contributed by atoms with Crippen LogP contribution in [-0.4, -0.2) is 47.4 Å². The highest BCUT2D eigenvalue weighted by Crippen LogP contribution is 2.20. The lowest BCUT2D eigenvalue weighted by molar-refractivity contribution is -0.142. The lowest BCUT2D eigenvalue weighted by Crippen LogP contribution is -2.45. The summed E-state index contributed by atoms with van der Waals surface area (Å²) in [5.74, 6) is -0.0599. The maximum atomic E-state index is 13.5. The first-order chi connectivity index (χ1) is 16.1. The van der Waals surface area contributed by atoms with Crippen molar-refractivity contribution in [1.29, 1.82) is 0 Å². The Kier molecular flexibility index (Phi) is 8.31. The van der Waals surface area contributed by atoms with E-state index < -0.39 is 0 Å². The van der Waals surface area contributed by atoms with Crippen LogP contribution in [0, 0.1) is 6.92 Å². The molecule has 1 aliphatic heterocycles. The standard InChI is InChI=1S/C26H30N2O3S2/c1-20-11-12-24(33-20)18-27(16-21-7-3-2-4-8-21)26(30)19-28(17-22-9-5-13-31-22)25(29)15-23-10-6-14-32-23/h2-4,6-8,10-12,14,22H,5,9,13,15-19H2,1H3. The Bertz CT molecular complexity index is 1030. The van der Waals surface area contributed by atoms with Crippen molar-refractivity contribution in [1.82, 2.24) is 9.80 Å². The first kappa shape index (κ1) is 23.7. The summed E-state index contributed by atoms with van der Waals surface area (Å²) in [5, 5.41) is 1.97. The van der Waals surface area contributed by atoms with Gasteiger partial charge in [-0.1, -0.05) is 36.4 Å². The van der Waals surface area contributed by atoms with Crippen LogP contribution in [0.15, 0.2) is 60.0 Å². The lowest BCUT2D eigenvalue weighted by Gasteiger charge is -2.29. The smallest absolute Gasteiger partial charge is 0.242 e. The van der Waals surface area contributed by atoms with Crippen LogP contribution < -0.4 is 0 Å². The molecule has 0 saturated carbocycles. The van der Waals surface area contributed by atoms with Gasteiger partial charge >= 0.3 is 0 Å². The van der Waals surface area contributed by atoms with Gasteiger partial charge < -0.3 is 14.5 Å². The van der Waals surface area contributed by atoms with E-state index in [4.69, 9.17) is 4.74 Å². The summed E-state index contributed by atoms with van der Waals surface area (Å²) < 4.78 is 5.79. The lowest BCUT2D eigenvalue weighted by atomic mass is 10.2. The van der Waals surface area contributed by atoms with Gasteiger partial charge in [-0.15, -0.1) is 22.7 Å². The van der Waals surface area contributed by atoms with Gasteiger partial charge in [0.05, 0.1) is 25.6 Å².